The highest BCUT2D eigenvalue weighted by molar-refractivity contribution is 8.13. The van der Waals surface area contributed by atoms with E-state index in [9.17, 15) is 9.59 Å². The number of rotatable bonds is 7. The van der Waals surface area contributed by atoms with Crippen molar-refractivity contribution in [1.29, 1.82) is 0 Å². The monoisotopic (exact) mass is 278 g/mol. The molecule has 1 aliphatic carbocycles. The van der Waals surface area contributed by atoms with Crippen LogP contribution >= 0.6 is 23.4 Å². The molecule has 1 rings (SSSR count). The van der Waals surface area contributed by atoms with Gasteiger partial charge in [-0.1, -0.05) is 18.7 Å². The van der Waals surface area contributed by atoms with E-state index in [1.54, 1.807) is 6.92 Å². The van der Waals surface area contributed by atoms with Gasteiger partial charge < -0.3 is 4.74 Å². The fourth-order valence-corrected chi connectivity index (χ4v) is 2.72. The Balaban J connectivity index is 2.27. The maximum absolute atomic E-state index is 11.5. The van der Waals surface area contributed by atoms with E-state index in [-0.39, 0.29) is 16.5 Å². The number of carbonyl (C=O) groups is 2. The van der Waals surface area contributed by atoms with E-state index in [0.29, 0.717) is 18.8 Å². The van der Waals surface area contributed by atoms with Gasteiger partial charge in [-0.15, -0.1) is 11.6 Å². The molecular formula is C12H19ClO3S. The second kappa shape index (κ2) is 6.64. The first-order valence-corrected chi connectivity index (χ1v) is 7.37. The SMILES string of the molecule is CCCOC(=O)CC1(CSC(=O)C(C)Cl)CC1. The van der Waals surface area contributed by atoms with E-state index in [0.717, 1.165) is 19.3 Å². The number of carbonyl (C=O) groups excluding carboxylic acids is 2. The average Bonchev–Trinajstić information content (AvgIpc) is 3.03. The average molecular weight is 279 g/mol. The van der Waals surface area contributed by atoms with Gasteiger partial charge in [0.15, 0.2) is 0 Å². The third-order valence-corrected chi connectivity index (χ3v) is 4.51. The molecule has 0 amide bonds. The lowest BCUT2D eigenvalue weighted by atomic mass is 10.1. The highest BCUT2D eigenvalue weighted by Gasteiger charge is 2.45. The number of halogens is 1. The molecule has 0 aromatic heterocycles. The van der Waals surface area contributed by atoms with Gasteiger partial charge in [0, 0.05) is 5.75 Å². The topological polar surface area (TPSA) is 43.4 Å². The highest BCUT2D eigenvalue weighted by atomic mass is 35.5. The molecule has 0 saturated heterocycles. The Labute approximate surface area is 112 Å². The molecule has 0 bridgehead atoms. The van der Waals surface area contributed by atoms with Crippen molar-refractivity contribution in [2.75, 3.05) is 12.4 Å². The molecule has 0 N–H and O–H groups in total. The lowest BCUT2D eigenvalue weighted by Crippen LogP contribution is -2.17. The Kier molecular flexibility index (Phi) is 5.80. The van der Waals surface area contributed by atoms with Gasteiger partial charge in [-0.2, -0.15) is 0 Å². The van der Waals surface area contributed by atoms with Gasteiger partial charge in [-0.05, 0) is 31.6 Å². The number of hydrogen-bond donors (Lipinski definition) is 0. The Hall–Kier alpha value is -0.220. The fraction of sp³-hybridized carbons (Fsp3) is 0.833. The molecule has 0 radical (unpaired) electrons. The van der Waals surface area contributed by atoms with Gasteiger partial charge in [-0.25, -0.2) is 0 Å². The maximum Gasteiger partial charge on any atom is 0.306 e. The van der Waals surface area contributed by atoms with Crippen LogP contribution in [0, 0.1) is 5.41 Å². The number of hydrogen-bond acceptors (Lipinski definition) is 4. The fourth-order valence-electron chi connectivity index (χ4n) is 1.46. The van der Waals surface area contributed by atoms with Crippen LogP contribution in [-0.2, 0) is 14.3 Å². The van der Waals surface area contributed by atoms with Crippen LogP contribution in [0.3, 0.4) is 0 Å². The molecule has 1 aliphatic rings. The summed E-state index contributed by atoms with van der Waals surface area (Å²) in [5.41, 5.74) is -0.00305. The van der Waals surface area contributed by atoms with Crippen LogP contribution in [0.25, 0.3) is 0 Å². The molecule has 1 fully saturated rings. The number of esters is 1. The second-order valence-corrected chi connectivity index (χ2v) is 6.26. The van der Waals surface area contributed by atoms with Crippen LogP contribution in [0.5, 0.6) is 0 Å². The number of ether oxygens (including phenoxy) is 1. The quantitative estimate of drug-likeness (QED) is 0.530. The zero-order valence-electron chi connectivity index (χ0n) is 10.3. The minimum atomic E-state index is -0.456. The predicted octanol–water partition coefficient (Wildman–Crippen LogP) is 3.00. The number of thioether (sulfide) groups is 1. The van der Waals surface area contributed by atoms with E-state index in [1.165, 1.54) is 11.8 Å². The molecule has 17 heavy (non-hydrogen) atoms. The van der Waals surface area contributed by atoms with E-state index < -0.39 is 5.38 Å². The number of alkyl halides is 1. The largest absolute Gasteiger partial charge is 0.466 e. The standard InChI is InChI=1S/C12H19ClO3S/c1-3-6-16-10(14)7-12(4-5-12)8-17-11(15)9(2)13/h9H,3-8H2,1-2H3. The first-order valence-electron chi connectivity index (χ1n) is 5.95. The minimum absolute atomic E-state index is 0.00305. The third kappa shape index (κ3) is 5.30. The predicted molar refractivity (Wildman–Crippen MR) is 70.3 cm³/mol. The first kappa shape index (κ1) is 14.8. The normalized spacial score (nSPS) is 18.5. The third-order valence-electron chi connectivity index (χ3n) is 2.79. The Morgan fingerprint density at radius 3 is 2.59 bits per heavy atom. The van der Waals surface area contributed by atoms with Gasteiger partial charge in [-0.3, -0.25) is 9.59 Å². The summed E-state index contributed by atoms with van der Waals surface area (Å²) < 4.78 is 5.06. The van der Waals surface area contributed by atoms with E-state index in [2.05, 4.69) is 0 Å². The summed E-state index contributed by atoms with van der Waals surface area (Å²) in [5, 5.41) is -0.470. The molecule has 0 heterocycles. The Morgan fingerprint density at radius 2 is 2.12 bits per heavy atom. The zero-order valence-corrected chi connectivity index (χ0v) is 11.9. The van der Waals surface area contributed by atoms with Gasteiger partial charge >= 0.3 is 5.97 Å². The summed E-state index contributed by atoms with van der Waals surface area (Å²) in [4.78, 5) is 22.9. The van der Waals surface area contributed by atoms with Crippen LogP contribution in [0.4, 0.5) is 0 Å². The van der Waals surface area contributed by atoms with Gasteiger partial charge in [0.05, 0.1) is 18.4 Å². The van der Waals surface area contributed by atoms with E-state index in [1.807, 2.05) is 6.92 Å². The second-order valence-electron chi connectivity index (χ2n) is 4.62. The van der Waals surface area contributed by atoms with E-state index >= 15 is 0 Å². The molecule has 98 valence electrons. The molecule has 1 unspecified atom stereocenters. The van der Waals surface area contributed by atoms with Crippen molar-refractivity contribution in [3.05, 3.63) is 0 Å². The lowest BCUT2D eigenvalue weighted by Gasteiger charge is -2.13. The van der Waals surface area contributed by atoms with Crippen molar-refractivity contribution < 1.29 is 14.3 Å². The Morgan fingerprint density at radius 1 is 1.47 bits per heavy atom. The molecule has 0 aliphatic heterocycles. The smallest absolute Gasteiger partial charge is 0.306 e. The summed E-state index contributed by atoms with van der Waals surface area (Å²) in [6.07, 6.45) is 3.29. The summed E-state index contributed by atoms with van der Waals surface area (Å²) in [7, 11) is 0. The van der Waals surface area contributed by atoms with Gasteiger partial charge in [0.2, 0.25) is 5.12 Å². The molecule has 1 atom stereocenters. The molecule has 0 aromatic carbocycles. The van der Waals surface area contributed by atoms with Crippen molar-refractivity contribution >= 4 is 34.4 Å². The van der Waals surface area contributed by atoms with Crippen LogP contribution in [-0.4, -0.2) is 28.8 Å². The van der Waals surface area contributed by atoms with Crippen LogP contribution < -0.4 is 0 Å². The molecule has 5 heteroatoms. The highest BCUT2D eigenvalue weighted by Crippen LogP contribution is 2.51. The first-order chi connectivity index (χ1) is 7.99. The van der Waals surface area contributed by atoms with Crippen molar-refractivity contribution in [3.8, 4) is 0 Å². The molecule has 3 nitrogen and oxygen atoms in total. The minimum Gasteiger partial charge on any atom is -0.466 e. The summed E-state index contributed by atoms with van der Waals surface area (Å²) >= 11 is 6.93. The maximum atomic E-state index is 11.5. The van der Waals surface area contributed by atoms with Gasteiger partial charge in [0.1, 0.15) is 0 Å². The lowest BCUT2D eigenvalue weighted by molar-refractivity contribution is -0.144. The van der Waals surface area contributed by atoms with Crippen molar-refractivity contribution in [3.63, 3.8) is 0 Å². The summed E-state index contributed by atoms with van der Waals surface area (Å²) in [6, 6.07) is 0. The van der Waals surface area contributed by atoms with Crippen LogP contribution in [0.2, 0.25) is 0 Å². The molecule has 0 spiro atoms. The van der Waals surface area contributed by atoms with E-state index in [4.69, 9.17) is 16.3 Å². The summed E-state index contributed by atoms with van der Waals surface area (Å²) in [5.74, 6) is 0.542. The van der Waals surface area contributed by atoms with Crippen LogP contribution in [0.15, 0.2) is 0 Å². The van der Waals surface area contributed by atoms with Crippen molar-refractivity contribution in [1.82, 2.24) is 0 Å². The zero-order chi connectivity index (χ0) is 12.9. The van der Waals surface area contributed by atoms with Crippen molar-refractivity contribution in [2.24, 2.45) is 5.41 Å². The van der Waals surface area contributed by atoms with Crippen molar-refractivity contribution in [2.45, 2.75) is 44.9 Å². The molecule has 0 aromatic rings. The Bertz CT molecular complexity index is 287. The van der Waals surface area contributed by atoms with Crippen LogP contribution in [0.1, 0.15) is 39.5 Å². The van der Waals surface area contributed by atoms with Gasteiger partial charge in [0.25, 0.3) is 0 Å². The summed E-state index contributed by atoms with van der Waals surface area (Å²) in [6.45, 7) is 4.13. The molecular weight excluding hydrogens is 260 g/mol. The molecule has 1 saturated carbocycles.